The molecule has 0 aliphatic carbocycles. The highest BCUT2D eigenvalue weighted by atomic mass is 16.5. The number of carbonyl (C=O) groups excluding carboxylic acids is 1. The summed E-state index contributed by atoms with van der Waals surface area (Å²) in [5.74, 6) is 1.38. The molecule has 9 nitrogen and oxygen atoms in total. The number of amides is 1. The van der Waals surface area contributed by atoms with E-state index in [1.165, 1.54) is 6.20 Å². The molecule has 5 rings (SSSR count). The van der Waals surface area contributed by atoms with Crippen LogP contribution in [0.25, 0.3) is 16.1 Å². The molecule has 194 valence electrons. The maximum absolute atomic E-state index is 14.0. The van der Waals surface area contributed by atoms with Crippen molar-refractivity contribution in [1.29, 1.82) is 0 Å². The zero-order chi connectivity index (χ0) is 27.0. The molecule has 0 spiro atoms. The van der Waals surface area contributed by atoms with Crippen LogP contribution in [0.1, 0.15) is 58.6 Å². The lowest BCUT2D eigenvalue weighted by atomic mass is 9.89. The van der Waals surface area contributed by atoms with Gasteiger partial charge in [-0.15, -0.1) is 0 Å². The first-order chi connectivity index (χ1) is 18.3. The van der Waals surface area contributed by atoms with Gasteiger partial charge in [0, 0.05) is 49.9 Å². The number of imidazole rings is 1. The maximum Gasteiger partial charge on any atom is 0.254 e. The van der Waals surface area contributed by atoms with Gasteiger partial charge in [0.2, 0.25) is 5.69 Å². The molecule has 9 heteroatoms. The molecular formula is C29H31N7O2. The normalized spacial score (nSPS) is 13.8. The van der Waals surface area contributed by atoms with Gasteiger partial charge in [0.05, 0.1) is 36.3 Å². The minimum atomic E-state index is -0.281. The molecule has 0 saturated heterocycles. The fraction of sp³-hybridized carbons (Fsp3) is 0.345. The predicted molar refractivity (Wildman–Crippen MR) is 144 cm³/mol. The van der Waals surface area contributed by atoms with Crippen molar-refractivity contribution in [2.75, 3.05) is 13.2 Å². The Morgan fingerprint density at radius 1 is 1.16 bits per heavy atom. The third kappa shape index (κ3) is 4.54. The standard InChI is InChI=1S/C29H31N7O2/c1-7-38-28-15-25(32-16-26(28)30-5)19(3)36-10-8-22-23(27-12-18(2)33-34(27)6)13-21(14-24(22)29(36)37)17-35-11-9-31-20(35)4/h9,11-16,19H,7-8,10,17H2,1-4,6H3/t19-/m0/s1. The average molecular weight is 510 g/mol. The van der Waals surface area contributed by atoms with Crippen molar-refractivity contribution in [3.63, 3.8) is 0 Å². The lowest BCUT2D eigenvalue weighted by molar-refractivity contribution is 0.0669. The van der Waals surface area contributed by atoms with Gasteiger partial charge in [-0.2, -0.15) is 5.10 Å². The summed E-state index contributed by atoms with van der Waals surface area (Å²) in [7, 11) is 1.94. The Bertz CT molecular complexity index is 1560. The molecule has 0 bridgehead atoms. The molecule has 1 aliphatic heterocycles. The van der Waals surface area contributed by atoms with Crippen molar-refractivity contribution in [2.24, 2.45) is 7.05 Å². The molecule has 0 N–H and O–H groups in total. The number of fused-ring (bicyclic) bond motifs is 1. The minimum Gasteiger partial charge on any atom is -0.505 e. The van der Waals surface area contributed by atoms with Crippen molar-refractivity contribution in [3.05, 3.63) is 88.2 Å². The first-order valence-electron chi connectivity index (χ1n) is 12.8. The second-order valence-electron chi connectivity index (χ2n) is 9.61. The van der Waals surface area contributed by atoms with Crippen molar-refractivity contribution in [3.8, 4) is 17.0 Å². The quantitative estimate of drug-likeness (QED) is 0.326. The highest BCUT2D eigenvalue weighted by Crippen LogP contribution is 2.36. The molecule has 1 aliphatic rings. The summed E-state index contributed by atoms with van der Waals surface area (Å²) in [4.78, 5) is 28.3. The molecule has 1 aromatic carbocycles. The Balaban J connectivity index is 1.56. The van der Waals surface area contributed by atoms with Crippen molar-refractivity contribution >= 4 is 11.6 Å². The Morgan fingerprint density at radius 3 is 2.61 bits per heavy atom. The van der Waals surface area contributed by atoms with E-state index in [-0.39, 0.29) is 11.9 Å². The van der Waals surface area contributed by atoms with Gasteiger partial charge in [0.15, 0.2) is 0 Å². The molecule has 0 saturated carbocycles. The van der Waals surface area contributed by atoms with Gasteiger partial charge in [-0.1, -0.05) is 0 Å². The number of hydrogen-bond donors (Lipinski definition) is 0. The summed E-state index contributed by atoms with van der Waals surface area (Å²) in [5, 5.41) is 4.56. The van der Waals surface area contributed by atoms with Crippen molar-refractivity contribution in [1.82, 2.24) is 29.2 Å². The maximum atomic E-state index is 14.0. The van der Waals surface area contributed by atoms with Crippen molar-refractivity contribution < 1.29 is 9.53 Å². The van der Waals surface area contributed by atoms with E-state index in [9.17, 15) is 4.79 Å². The van der Waals surface area contributed by atoms with Gasteiger partial charge >= 0.3 is 0 Å². The third-order valence-electron chi connectivity index (χ3n) is 7.14. The highest BCUT2D eigenvalue weighted by molar-refractivity contribution is 5.99. The van der Waals surface area contributed by atoms with Crippen LogP contribution in [-0.4, -0.2) is 48.3 Å². The zero-order valence-corrected chi connectivity index (χ0v) is 22.4. The van der Waals surface area contributed by atoms with E-state index in [0.29, 0.717) is 48.8 Å². The van der Waals surface area contributed by atoms with E-state index < -0.39 is 0 Å². The molecule has 4 aromatic rings. The summed E-state index contributed by atoms with van der Waals surface area (Å²) in [6.07, 6.45) is 5.98. The number of aryl methyl sites for hydroxylation is 3. The third-order valence-corrected chi connectivity index (χ3v) is 7.14. The van der Waals surface area contributed by atoms with Crippen LogP contribution >= 0.6 is 0 Å². The van der Waals surface area contributed by atoms with Gasteiger partial charge < -0.3 is 14.2 Å². The summed E-state index contributed by atoms with van der Waals surface area (Å²) < 4.78 is 9.63. The highest BCUT2D eigenvalue weighted by Gasteiger charge is 2.32. The predicted octanol–water partition coefficient (Wildman–Crippen LogP) is 5.05. The molecule has 0 unspecified atom stereocenters. The number of ether oxygens (including phenoxy) is 1. The van der Waals surface area contributed by atoms with Gasteiger partial charge in [0.25, 0.3) is 5.91 Å². The van der Waals surface area contributed by atoms with Crippen LogP contribution in [0.5, 0.6) is 5.75 Å². The molecule has 0 fully saturated rings. The van der Waals surface area contributed by atoms with Crippen LogP contribution in [0.15, 0.2) is 42.9 Å². The van der Waals surface area contributed by atoms with E-state index in [1.807, 2.05) is 56.6 Å². The van der Waals surface area contributed by atoms with Crippen molar-refractivity contribution in [2.45, 2.75) is 46.7 Å². The first kappa shape index (κ1) is 25.2. The Labute approximate surface area is 222 Å². The fourth-order valence-corrected chi connectivity index (χ4v) is 5.19. The van der Waals surface area contributed by atoms with Gasteiger partial charge in [-0.05, 0) is 69.5 Å². The summed E-state index contributed by atoms with van der Waals surface area (Å²) in [6.45, 7) is 16.8. The second-order valence-corrected chi connectivity index (χ2v) is 9.61. The SMILES string of the molecule is [C-]#[N+]c1cnc([C@H](C)N2CCc3c(cc(Cn4ccnc4C)cc3-c3cc(C)nn3C)C2=O)cc1OCC. The molecule has 3 aromatic heterocycles. The molecule has 1 amide bonds. The summed E-state index contributed by atoms with van der Waals surface area (Å²) in [6, 6.07) is 7.77. The summed E-state index contributed by atoms with van der Waals surface area (Å²) in [5.41, 5.74) is 6.81. The lowest BCUT2D eigenvalue weighted by Gasteiger charge is -2.34. The van der Waals surface area contributed by atoms with Gasteiger partial charge in [-0.25, -0.2) is 9.83 Å². The average Bonchev–Trinajstić information content (AvgIpc) is 3.47. The van der Waals surface area contributed by atoms with Crippen LogP contribution in [0, 0.1) is 20.4 Å². The molecule has 4 heterocycles. The number of aromatic nitrogens is 5. The van der Waals surface area contributed by atoms with Crippen LogP contribution < -0.4 is 4.74 Å². The van der Waals surface area contributed by atoms with Crippen LogP contribution in [0.4, 0.5) is 5.69 Å². The largest absolute Gasteiger partial charge is 0.505 e. The van der Waals surface area contributed by atoms with Gasteiger partial charge in [-0.3, -0.25) is 14.5 Å². The second kappa shape index (κ2) is 10.1. The molecular weight excluding hydrogens is 478 g/mol. The van der Waals surface area contributed by atoms with Crippen LogP contribution in [-0.2, 0) is 20.0 Å². The Kier molecular flexibility index (Phi) is 6.72. The number of carbonyl (C=O) groups is 1. The fourth-order valence-electron chi connectivity index (χ4n) is 5.19. The molecule has 38 heavy (non-hydrogen) atoms. The zero-order valence-electron chi connectivity index (χ0n) is 22.4. The number of pyridine rings is 1. The number of hydrogen-bond acceptors (Lipinski definition) is 5. The smallest absolute Gasteiger partial charge is 0.254 e. The van der Waals surface area contributed by atoms with Gasteiger partial charge in [0.1, 0.15) is 11.6 Å². The summed E-state index contributed by atoms with van der Waals surface area (Å²) >= 11 is 0. The van der Waals surface area contributed by atoms with E-state index in [2.05, 4.69) is 36.6 Å². The van der Waals surface area contributed by atoms with E-state index in [4.69, 9.17) is 11.3 Å². The monoisotopic (exact) mass is 509 g/mol. The molecule has 0 radical (unpaired) electrons. The Morgan fingerprint density at radius 2 is 1.95 bits per heavy atom. The van der Waals surface area contributed by atoms with Crippen LogP contribution in [0.3, 0.4) is 0 Å². The lowest BCUT2D eigenvalue weighted by Crippen LogP contribution is -2.40. The number of nitrogens with zero attached hydrogens (tertiary/aromatic N) is 7. The molecule has 1 atom stereocenters. The topological polar surface area (TPSA) is 82.4 Å². The first-order valence-corrected chi connectivity index (χ1v) is 12.8. The van der Waals surface area contributed by atoms with Crippen LogP contribution in [0.2, 0.25) is 0 Å². The van der Waals surface area contributed by atoms with E-state index >= 15 is 0 Å². The number of rotatable bonds is 7. The Hall–Kier alpha value is -4.45. The van der Waals surface area contributed by atoms with E-state index in [1.54, 1.807) is 12.3 Å². The van der Waals surface area contributed by atoms with E-state index in [0.717, 1.165) is 33.9 Å². The minimum absolute atomic E-state index is 0.0305. The number of benzene rings is 1.